The second kappa shape index (κ2) is 9.26. The van der Waals surface area contributed by atoms with Gasteiger partial charge in [0.2, 0.25) is 0 Å². The Hall–Kier alpha value is -1.61. The van der Waals surface area contributed by atoms with Crippen LogP contribution >= 0.6 is 24.0 Å². The summed E-state index contributed by atoms with van der Waals surface area (Å²) in [6, 6.07) is 10.8. The minimum atomic E-state index is 0. The lowest BCUT2D eigenvalue weighted by Crippen LogP contribution is -2.47. The molecule has 4 rings (SSSR count). The summed E-state index contributed by atoms with van der Waals surface area (Å²) in [5.74, 6) is 0.839. The van der Waals surface area contributed by atoms with E-state index in [1.54, 1.807) is 0 Å². The number of benzene rings is 1. The van der Waals surface area contributed by atoms with Crippen molar-refractivity contribution in [2.45, 2.75) is 64.4 Å². The monoisotopic (exact) mass is 495 g/mol. The first-order valence-corrected chi connectivity index (χ1v) is 9.83. The molecule has 2 fully saturated rings. The van der Waals surface area contributed by atoms with Crippen LogP contribution in [0, 0.1) is 13.8 Å². The Bertz CT molecular complexity index is 820. The summed E-state index contributed by atoms with van der Waals surface area (Å²) in [7, 11) is 1.82. The first-order chi connectivity index (χ1) is 13.1. The number of fused-ring (bicyclic) bond motifs is 2. The minimum absolute atomic E-state index is 0. The van der Waals surface area contributed by atoms with Gasteiger partial charge in [-0.15, -0.1) is 24.0 Å². The molecule has 0 spiro atoms. The number of guanidine groups is 1. The number of nitrogens with zero attached hydrogens (tertiary/aromatic N) is 3. The fourth-order valence-electron chi connectivity index (χ4n) is 4.23. The van der Waals surface area contributed by atoms with E-state index in [2.05, 4.69) is 58.4 Å². The highest BCUT2D eigenvalue weighted by atomic mass is 127. The van der Waals surface area contributed by atoms with Crippen molar-refractivity contribution in [1.29, 1.82) is 0 Å². The van der Waals surface area contributed by atoms with Gasteiger partial charge in [-0.05, 0) is 38.7 Å². The Morgan fingerprint density at radius 2 is 2.04 bits per heavy atom. The molecular formula is C21H30IN5O. The molecule has 2 saturated heterocycles. The van der Waals surface area contributed by atoms with E-state index in [0.29, 0.717) is 24.8 Å². The van der Waals surface area contributed by atoms with Crippen LogP contribution in [-0.4, -0.2) is 41.0 Å². The Balaban J connectivity index is 0.00000225. The predicted octanol–water partition coefficient (Wildman–Crippen LogP) is 3.15. The van der Waals surface area contributed by atoms with Crippen LogP contribution in [0.25, 0.3) is 0 Å². The van der Waals surface area contributed by atoms with Crippen molar-refractivity contribution in [2.24, 2.45) is 4.99 Å². The molecule has 2 bridgehead atoms. The van der Waals surface area contributed by atoms with Gasteiger partial charge in [0.15, 0.2) is 5.96 Å². The van der Waals surface area contributed by atoms with Crippen LogP contribution in [0.5, 0.6) is 0 Å². The molecule has 152 valence electrons. The van der Waals surface area contributed by atoms with E-state index in [9.17, 15) is 0 Å². The number of nitrogens with one attached hydrogen (secondary N) is 2. The van der Waals surface area contributed by atoms with Gasteiger partial charge in [0.1, 0.15) is 0 Å². The van der Waals surface area contributed by atoms with E-state index in [4.69, 9.17) is 9.84 Å². The lowest BCUT2D eigenvalue weighted by atomic mass is 9.96. The lowest BCUT2D eigenvalue weighted by Gasteiger charge is -2.22. The van der Waals surface area contributed by atoms with Crippen molar-refractivity contribution in [3.63, 3.8) is 0 Å². The van der Waals surface area contributed by atoms with Crippen molar-refractivity contribution in [1.82, 2.24) is 20.4 Å². The number of halogens is 1. The van der Waals surface area contributed by atoms with Crippen LogP contribution in [0.3, 0.4) is 0 Å². The smallest absolute Gasteiger partial charge is 0.191 e. The van der Waals surface area contributed by atoms with E-state index in [1.807, 2.05) is 13.1 Å². The molecule has 3 unspecified atom stereocenters. The Morgan fingerprint density at radius 1 is 1.25 bits per heavy atom. The zero-order valence-corrected chi connectivity index (χ0v) is 19.1. The SMILES string of the molecule is CN=C(NCc1c(C)nn(Cc2ccccc2)c1C)NC1CC2CCC1O2.I. The maximum Gasteiger partial charge on any atom is 0.191 e. The average Bonchev–Trinajstić information content (AvgIpc) is 3.36. The Kier molecular flexibility index (Phi) is 6.98. The standard InChI is InChI=1S/C21H29N5O.HI/c1-14-18(15(2)26(25-14)13-16-7-5-4-6-8-16)12-23-21(22-3)24-19-11-17-9-10-20(19)27-17;/h4-8,17,19-20H,9-13H2,1-3H3,(H2,22,23,24);1H. The fourth-order valence-corrected chi connectivity index (χ4v) is 4.23. The van der Waals surface area contributed by atoms with Crippen LogP contribution in [0.15, 0.2) is 35.3 Å². The van der Waals surface area contributed by atoms with E-state index in [-0.39, 0.29) is 24.0 Å². The van der Waals surface area contributed by atoms with Crippen molar-refractivity contribution < 1.29 is 4.74 Å². The topological polar surface area (TPSA) is 63.5 Å². The fraction of sp³-hybridized carbons (Fsp3) is 0.524. The molecule has 3 atom stereocenters. The van der Waals surface area contributed by atoms with Crippen LogP contribution in [-0.2, 0) is 17.8 Å². The summed E-state index contributed by atoms with van der Waals surface area (Å²) in [5, 5.41) is 11.7. The number of hydrogen-bond acceptors (Lipinski definition) is 3. The van der Waals surface area contributed by atoms with Gasteiger partial charge in [-0.25, -0.2) is 0 Å². The van der Waals surface area contributed by atoms with Crippen molar-refractivity contribution >= 4 is 29.9 Å². The largest absolute Gasteiger partial charge is 0.373 e. The maximum absolute atomic E-state index is 5.93. The number of aryl methyl sites for hydroxylation is 1. The third-order valence-electron chi connectivity index (χ3n) is 5.79. The van der Waals surface area contributed by atoms with Gasteiger partial charge < -0.3 is 15.4 Å². The van der Waals surface area contributed by atoms with Crippen LogP contribution in [0.2, 0.25) is 0 Å². The zero-order chi connectivity index (χ0) is 18.8. The number of hydrogen-bond donors (Lipinski definition) is 2. The molecule has 1 aromatic carbocycles. The van der Waals surface area contributed by atoms with E-state index < -0.39 is 0 Å². The molecule has 0 aliphatic carbocycles. The average molecular weight is 495 g/mol. The Labute approximate surface area is 184 Å². The highest BCUT2D eigenvalue weighted by molar-refractivity contribution is 14.0. The van der Waals surface area contributed by atoms with Crippen molar-refractivity contribution in [3.8, 4) is 0 Å². The summed E-state index contributed by atoms with van der Waals surface area (Å²) >= 11 is 0. The third-order valence-corrected chi connectivity index (χ3v) is 5.79. The quantitative estimate of drug-likeness (QED) is 0.380. The molecule has 1 aromatic heterocycles. The molecule has 28 heavy (non-hydrogen) atoms. The van der Waals surface area contributed by atoms with Gasteiger partial charge in [-0.1, -0.05) is 30.3 Å². The lowest BCUT2D eigenvalue weighted by molar-refractivity contribution is 0.0992. The summed E-state index contributed by atoms with van der Waals surface area (Å²) in [6.07, 6.45) is 4.22. The highest BCUT2D eigenvalue weighted by Crippen LogP contribution is 2.34. The first kappa shape index (κ1) is 21.1. The van der Waals surface area contributed by atoms with E-state index in [0.717, 1.165) is 31.0 Å². The van der Waals surface area contributed by atoms with Gasteiger partial charge in [-0.3, -0.25) is 9.67 Å². The summed E-state index contributed by atoms with van der Waals surface area (Å²) in [6.45, 7) is 5.72. The van der Waals surface area contributed by atoms with Gasteiger partial charge in [0.05, 0.1) is 30.5 Å². The molecule has 2 aliphatic rings. The number of rotatable bonds is 5. The molecule has 3 heterocycles. The normalized spacial score (nSPS) is 23.5. The summed E-state index contributed by atoms with van der Waals surface area (Å²) < 4.78 is 8.02. The molecule has 7 heteroatoms. The van der Waals surface area contributed by atoms with Gasteiger partial charge in [0.25, 0.3) is 0 Å². The number of ether oxygens (including phenoxy) is 1. The maximum atomic E-state index is 5.93. The molecular weight excluding hydrogens is 465 g/mol. The predicted molar refractivity (Wildman–Crippen MR) is 122 cm³/mol. The van der Waals surface area contributed by atoms with Crippen LogP contribution in [0.1, 0.15) is 41.8 Å². The summed E-state index contributed by atoms with van der Waals surface area (Å²) in [5.41, 5.74) is 4.76. The number of aliphatic imine (C=N–C) groups is 1. The number of aromatic nitrogens is 2. The molecule has 0 amide bonds. The Morgan fingerprint density at radius 3 is 2.68 bits per heavy atom. The van der Waals surface area contributed by atoms with Crippen LogP contribution < -0.4 is 10.6 Å². The van der Waals surface area contributed by atoms with Gasteiger partial charge in [0, 0.05) is 24.8 Å². The second-order valence-electron chi connectivity index (χ2n) is 7.58. The van der Waals surface area contributed by atoms with E-state index in [1.165, 1.54) is 23.2 Å². The molecule has 6 nitrogen and oxygen atoms in total. The van der Waals surface area contributed by atoms with Crippen molar-refractivity contribution in [2.75, 3.05) is 7.05 Å². The van der Waals surface area contributed by atoms with Gasteiger partial charge in [-0.2, -0.15) is 5.10 Å². The minimum Gasteiger partial charge on any atom is -0.373 e. The first-order valence-electron chi connectivity index (χ1n) is 9.83. The molecule has 2 aliphatic heterocycles. The van der Waals surface area contributed by atoms with Crippen LogP contribution in [0.4, 0.5) is 0 Å². The molecule has 0 saturated carbocycles. The third kappa shape index (κ3) is 4.51. The van der Waals surface area contributed by atoms with Crippen molar-refractivity contribution in [3.05, 3.63) is 52.8 Å². The molecule has 0 radical (unpaired) electrons. The summed E-state index contributed by atoms with van der Waals surface area (Å²) in [4.78, 5) is 4.40. The van der Waals surface area contributed by atoms with Gasteiger partial charge >= 0.3 is 0 Å². The highest BCUT2D eigenvalue weighted by Gasteiger charge is 2.41. The molecule has 2 aromatic rings. The molecule has 2 N–H and O–H groups in total. The second-order valence-corrected chi connectivity index (χ2v) is 7.58. The zero-order valence-electron chi connectivity index (χ0n) is 16.8. The van der Waals surface area contributed by atoms with E-state index >= 15 is 0 Å².